The van der Waals surface area contributed by atoms with Crippen LogP contribution in [0, 0.1) is 0 Å². The fourth-order valence-electron chi connectivity index (χ4n) is 7.69. The molecule has 4 nitrogen and oxygen atoms in total. The van der Waals surface area contributed by atoms with Gasteiger partial charge in [0.15, 0.2) is 0 Å². The van der Waals surface area contributed by atoms with Crippen molar-refractivity contribution in [1.82, 2.24) is 4.98 Å². The van der Waals surface area contributed by atoms with Crippen molar-refractivity contribution in [2.24, 2.45) is 9.98 Å². The molecule has 0 N–H and O–H groups in total. The quantitative estimate of drug-likeness (QED) is 0.152. The molecule has 8 aromatic carbocycles. The Kier molecular flexibility index (Phi) is 8.54. The van der Waals surface area contributed by atoms with E-state index in [1.165, 1.54) is 16.5 Å². The molecule has 1 atom stereocenters. The number of rotatable bonds is 7. The van der Waals surface area contributed by atoms with Crippen LogP contribution in [0.15, 0.2) is 216 Å². The molecule has 4 heteroatoms. The number of aromatic nitrogens is 1. The van der Waals surface area contributed by atoms with Crippen molar-refractivity contribution in [2.75, 3.05) is 0 Å². The Bertz CT molecular complexity index is 2850. The van der Waals surface area contributed by atoms with Gasteiger partial charge in [0.25, 0.3) is 0 Å². The fourth-order valence-corrected chi connectivity index (χ4v) is 7.69. The normalized spacial score (nSPS) is 13.9. The van der Waals surface area contributed by atoms with E-state index in [9.17, 15) is 0 Å². The minimum atomic E-state index is -0.537. The summed E-state index contributed by atoms with van der Waals surface area (Å²) in [4.78, 5) is 15.8. The predicted octanol–water partition coefficient (Wildman–Crippen LogP) is 13.3. The van der Waals surface area contributed by atoms with Crippen molar-refractivity contribution in [2.45, 2.75) is 6.17 Å². The molecule has 0 saturated carbocycles. The second-order valence-electron chi connectivity index (χ2n) is 14.0. The number of hydrogen-bond acceptors (Lipinski definition) is 3. The molecular formula is C52H35N4-. The molecule has 56 heavy (non-hydrogen) atoms. The van der Waals surface area contributed by atoms with Crippen LogP contribution in [0.2, 0.25) is 0 Å². The van der Waals surface area contributed by atoms with Crippen molar-refractivity contribution in [1.29, 1.82) is 0 Å². The summed E-state index contributed by atoms with van der Waals surface area (Å²) >= 11 is 0. The summed E-state index contributed by atoms with van der Waals surface area (Å²) in [6.45, 7) is 0. The van der Waals surface area contributed by atoms with Gasteiger partial charge in [-0.25, -0.2) is 4.98 Å². The summed E-state index contributed by atoms with van der Waals surface area (Å²) in [6, 6.07) is 71.9. The minimum Gasteiger partial charge on any atom is -0.438 e. The van der Waals surface area contributed by atoms with Gasteiger partial charge in [-0.2, -0.15) is 0 Å². The van der Waals surface area contributed by atoms with Crippen molar-refractivity contribution in [3.63, 3.8) is 0 Å². The molecule has 0 aliphatic carbocycles. The lowest BCUT2D eigenvalue weighted by Crippen LogP contribution is -2.16. The van der Waals surface area contributed by atoms with E-state index in [4.69, 9.17) is 20.3 Å². The second-order valence-corrected chi connectivity index (χ2v) is 14.0. The Balaban J connectivity index is 1.15. The third-order valence-electron chi connectivity index (χ3n) is 10.4. The summed E-state index contributed by atoms with van der Waals surface area (Å²) in [5, 5.41) is 8.70. The summed E-state index contributed by atoms with van der Waals surface area (Å²) in [5.41, 5.74) is 12.5. The van der Waals surface area contributed by atoms with Crippen LogP contribution in [0.3, 0.4) is 0 Å². The zero-order valence-corrected chi connectivity index (χ0v) is 30.5. The number of aliphatic imine (C=N–C) groups is 2. The third-order valence-corrected chi connectivity index (χ3v) is 10.4. The predicted molar refractivity (Wildman–Crippen MR) is 233 cm³/mol. The van der Waals surface area contributed by atoms with Crippen LogP contribution >= 0.6 is 0 Å². The topological polar surface area (TPSA) is 51.7 Å². The largest absolute Gasteiger partial charge is 0.438 e. The first-order chi connectivity index (χ1) is 27.7. The summed E-state index contributed by atoms with van der Waals surface area (Å²) in [6.07, 6.45) is -0.537. The molecule has 264 valence electrons. The van der Waals surface area contributed by atoms with E-state index in [2.05, 4.69) is 170 Å². The van der Waals surface area contributed by atoms with Crippen molar-refractivity contribution < 1.29 is 0 Å². The van der Waals surface area contributed by atoms with E-state index in [0.717, 1.165) is 66.5 Å². The van der Waals surface area contributed by atoms with E-state index in [1.54, 1.807) is 0 Å². The molecule has 0 bridgehead atoms. The Hall–Kier alpha value is -7.43. The van der Waals surface area contributed by atoms with E-state index >= 15 is 0 Å². The average molecular weight is 716 g/mol. The number of fused-ring (bicyclic) bond motifs is 3. The van der Waals surface area contributed by atoms with Gasteiger partial charge in [-0.1, -0.05) is 188 Å². The highest BCUT2D eigenvalue weighted by Gasteiger charge is 2.19. The first-order valence-corrected chi connectivity index (χ1v) is 18.9. The molecule has 0 spiro atoms. The van der Waals surface area contributed by atoms with E-state index < -0.39 is 6.17 Å². The highest BCUT2D eigenvalue weighted by molar-refractivity contribution is 6.20. The lowest BCUT2D eigenvalue weighted by Gasteiger charge is -2.33. The van der Waals surface area contributed by atoms with Crippen LogP contribution < -0.4 is 0 Å². The molecule has 0 fully saturated rings. The highest BCUT2D eigenvalue weighted by Crippen LogP contribution is 2.41. The lowest BCUT2D eigenvalue weighted by atomic mass is 9.92. The van der Waals surface area contributed by atoms with Crippen LogP contribution in [0.1, 0.15) is 22.9 Å². The first-order valence-electron chi connectivity index (χ1n) is 18.9. The second kappa shape index (κ2) is 14.4. The van der Waals surface area contributed by atoms with Crippen LogP contribution in [-0.4, -0.2) is 16.7 Å². The number of pyridine rings is 1. The highest BCUT2D eigenvalue weighted by atomic mass is 15.2. The van der Waals surface area contributed by atoms with Crippen molar-refractivity contribution in [3.8, 4) is 44.6 Å². The van der Waals surface area contributed by atoms with Crippen LogP contribution in [0.4, 0.5) is 0 Å². The van der Waals surface area contributed by atoms with Gasteiger partial charge in [0.05, 0.1) is 23.2 Å². The Morgan fingerprint density at radius 3 is 1.54 bits per heavy atom. The van der Waals surface area contributed by atoms with Crippen LogP contribution in [0.5, 0.6) is 0 Å². The van der Waals surface area contributed by atoms with E-state index in [0.29, 0.717) is 11.7 Å². The summed E-state index contributed by atoms with van der Waals surface area (Å²) < 4.78 is 0. The lowest BCUT2D eigenvalue weighted by molar-refractivity contribution is 0.879. The molecule has 1 aliphatic heterocycles. The average Bonchev–Trinajstić information content (AvgIpc) is 3.29. The zero-order chi connectivity index (χ0) is 37.3. The van der Waals surface area contributed by atoms with Crippen molar-refractivity contribution >= 4 is 33.3 Å². The molecule has 1 aromatic heterocycles. The minimum absolute atomic E-state index is 0.537. The fraction of sp³-hybridized carbons (Fsp3) is 0.0192. The molecule has 9 aromatic rings. The van der Waals surface area contributed by atoms with Gasteiger partial charge in [-0.3, -0.25) is 4.99 Å². The number of hydrogen-bond donors (Lipinski definition) is 0. The maximum Gasteiger partial charge on any atom is 0.0822 e. The Morgan fingerprint density at radius 2 is 0.929 bits per heavy atom. The SMILES string of the molecule is c1ccc(C2=NC(c3ccc4c(c3)nc(-c3ccccc3)c3cccc(-c5ccccc5)c34)[N-]C(c3cc(-c4ccccc4)cc(-c4ccccc4)c3)=N2)cc1. The molecule has 0 saturated heterocycles. The summed E-state index contributed by atoms with van der Waals surface area (Å²) in [5.74, 6) is 1.29. The first kappa shape index (κ1) is 33.2. The number of benzene rings is 8. The van der Waals surface area contributed by atoms with E-state index in [1.807, 2.05) is 36.4 Å². The van der Waals surface area contributed by atoms with Gasteiger partial charge in [-0.05, 0) is 74.3 Å². The molecule has 1 aliphatic rings. The molecule has 0 radical (unpaired) electrons. The molecule has 1 unspecified atom stereocenters. The zero-order valence-electron chi connectivity index (χ0n) is 30.5. The van der Waals surface area contributed by atoms with Gasteiger partial charge in [0, 0.05) is 21.7 Å². The molecule has 10 rings (SSSR count). The van der Waals surface area contributed by atoms with Gasteiger partial charge in [0.1, 0.15) is 0 Å². The Morgan fingerprint density at radius 1 is 0.393 bits per heavy atom. The summed E-state index contributed by atoms with van der Waals surface area (Å²) in [7, 11) is 0. The van der Waals surface area contributed by atoms with Gasteiger partial charge < -0.3 is 10.3 Å². The van der Waals surface area contributed by atoms with Gasteiger partial charge in [-0.15, -0.1) is 0 Å². The van der Waals surface area contributed by atoms with Crippen LogP contribution in [0.25, 0.3) is 71.6 Å². The maximum absolute atomic E-state index is 5.39. The maximum atomic E-state index is 5.39. The molecular weight excluding hydrogens is 681 g/mol. The van der Waals surface area contributed by atoms with E-state index in [-0.39, 0.29) is 0 Å². The standard InChI is InChI=1S/C52H35N4/c1-6-17-35(18-7-1)41-31-42(36-19-8-2-9-20-36)33-43(32-41)52-55-50(39-25-14-5-15-26-39)54-51(56-52)40-29-30-45-47(34-40)53-49(38-23-12-4-13-24-38)46-28-16-27-44(48(45)46)37-21-10-3-11-22-37/h1-34,51H/q-1. The Labute approximate surface area is 326 Å². The third kappa shape index (κ3) is 6.33. The van der Waals surface area contributed by atoms with Crippen molar-refractivity contribution in [3.05, 3.63) is 228 Å². The van der Waals surface area contributed by atoms with Gasteiger partial charge >= 0.3 is 0 Å². The smallest absolute Gasteiger partial charge is 0.0822 e. The van der Waals surface area contributed by atoms with Crippen LogP contribution in [-0.2, 0) is 0 Å². The number of nitrogens with zero attached hydrogens (tertiary/aromatic N) is 4. The molecule has 2 heterocycles. The van der Waals surface area contributed by atoms with Gasteiger partial charge in [0.2, 0.25) is 0 Å². The number of amidine groups is 2. The molecule has 0 amide bonds. The monoisotopic (exact) mass is 715 g/mol.